The van der Waals surface area contributed by atoms with Crippen LogP contribution in [0.25, 0.3) is 0 Å². The van der Waals surface area contributed by atoms with Gasteiger partial charge in [-0.15, -0.1) is 0 Å². The molecule has 0 saturated heterocycles. The van der Waals surface area contributed by atoms with Gasteiger partial charge in [0.2, 0.25) is 0 Å². The molecular weight excluding hydrogens is 174 g/mol. The van der Waals surface area contributed by atoms with Gasteiger partial charge in [-0.05, 0) is 18.0 Å². The highest BCUT2D eigenvalue weighted by atomic mass is 28.2. The standard InChI is InChI=1S/C11H25NSi/c1-10(2)8-12(6-7-13-5)9-11(3)4/h6-7,10-11H,8-9,13H2,1-5H3. The van der Waals surface area contributed by atoms with Crippen molar-refractivity contribution in [2.45, 2.75) is 34.2 Å². The zero-order valence-corrected chi connectivity index (χ0v) is 11.3. The number of rotatable bonds is 6. The fraction of sp³-hybridized carbons (Fsp3) is 0.818. The van der Waals surface area contributed by atoms with E-state index in [9.17, 15) is 0 Å². The molecule has 0 aliphatic carbocycles. The van der Waals surface area contributed by atoms with Crippen molar-refractivity contribution in [1.82, 2.24) is 4.90 Å². The zero-order valence-electron chi connectivity index (χ0n) is 9.88. The van der Waals surface area contributed by atoms with E-state index in [-0.39, 0.29) is 9.52 Å². The summed E-state index contributed by atoms with van der Waals surface area (Å²) in [5.41, 5.74) is 2.38. The molecule has 0 aliphatic heterocycles. The highest BCUT2D eigenvalue weighted by molar-refractivity contribution is 6.40. The quantitative estimate of drug-likeness (QED) is 0.593. The first-order chi connectivity index (χ1) is 6.06. The predicted octanol–water partition coefficient (Wildman–Crippen LogP) is 2.29. The van der Waals surface area contributed by atoms with E-state index in [1.165, 1.54) is 13.1 Å². The van der Waals surface area contributed by atoms with Crippen molar-refractivity contribution >= 4 is 9.52 Å². The van der Waals surface area contributed by atoms with Gasteiger partial charge in [-0.1, -0.05) is 39.9 Å². The van der Waals surface area contributed by atoms with Crippen molar-refractivity contribution in [2.24, 2.45) is 11.8 Å². The van der Waals surface area contributed by atoms with Crippen molar-refractivity contribution in [3.8, 4) is 0 Å². The summed E-state index contributed by atoms with van der Waals surface area (Å²) in [7, 11) is 0.0812. The van der Waals surface area contributed by atoms with Crippen LogP contribution in [-0.4, -0.2) is 27.5 Å². The average molecular weight is 199 g/mol. The van der Waals surface area contributed by atoms with E-state index in [4.69, 9.17) is 0 Å². The topological polar surface area (TPSA) is 3.24 Å². The van der Waals surface area contributed by atoms with E-state index in [0.717, 1.165) is 11.8 Å². The van der Waals surface area contributed by atoms with E-state index in [1.54, 1.807) is 0 Å². The largest absolute Gasteiger partial charge is 0.378 e. The molecular formula is C11H25NSi. The molecule has 0 fully saturated rings. The minimum atomic E-state index is 0.0812. The molecule has 0 amide bonds. The Hall–Kier alpha value is -0.243. The lowest BCUT2D eigenvalue weighted by atomic mass is 10.1. The number of hydrogen-bond acceptors (Lipinski definition) is 1. The predicted molar refractivity (Wildman–Crippen MR) is 64.8 cm³/mol. The van der Waals surface area contributed by atoms with Crippen LogP contribution in [-0.2, 0) is 0 Å². The van der Waals surface area contributed by atoms with Crippen LogP contribution >= 0.6 is 0 Å². The molecule has 0 atom stereocenters. The summed E-state index contributed by atoms with van der Waals surface area (Å²) in [5.74, 6) is 1.53. The van der Waals surface area contributed by atoms with E-state index in [0.29, 0.717) is 0 Å². The summed E-state index contributed by atoms with van der Waals surface area (Å²) in [6.07, 6.45) is 2.31. The van der Waals surface area contributed by atoms with Crippen molar-refractivity contribution in [3.63, 3.8) is 0 Å². The smallest absolute Gasteiger partial charge is 0.0442 e. The van der Waals surface area contributed by atoms with Gasteiger partial charge in [0, 0.05) is 22.6 Å². The van der Waals surface area contributed by atoms with Crippen LogP contribution in [0, 0.1) is 11.8 Å². The van der Waals surface area contributed by atoms with Crippen molar-refractivity contribution in [3.05, 3.63) is 11.9 Å². The molecule has 0 aromatic heterocycles. The molecule has 0 aromatic rings. The van der Waals surface area contributed by atoms with Gasteiger partial charge < -0.3 is 4.90 Å². The number of nitrogens with zero attached hydrogens (tertiary/aromatic N) is 1. The monoisotopic (exact) mass is 199 g/mol. The molecule has 13 heavy (non-hydrogen) atoms. The fourth-order valence-corrected chi connectivity index (χ4v) is 1.90. The lowest BCUT2D eigenvalue weighted by Gasteiger charge is -2.24. The second kappa shape index (κ2) is 7.19. The van der Waals surface area contributed by atoms with E-state index in [1.807, 2.05) is 0 Å². The van der Waals surface area contributed by atoms with Crippen LogP contribution < -0.4 is 0 Å². The van der Waals surface area contributed by atoms with Crippen molar-refractivity contribution < 1.29 is 0 Å². The van der Waals surface area contributed by atoms with Crippen LogP contribution in [0.5, 0.6) is 0 Å². The van der Waals surface area contributed by atoms with Gasteiger partial charge in [-0.3, -0.25) is 0 Å². The third-order valence-corrected chi connectivity index (χ3v) is 2.43. The Kier molecular flexibility index (Phi) is 7.05. The minimum Gasteiger partial charge on any atom is -0.378 e. The van der Waals surface area contributed by atoms with Gasteiger partial charge in [0.05, 0.1) is 0 Å². The second-order valence-corrected chi connectivity index (χ2v) is 5.82. The van der Waals surface area contributed by atoms with Crippen molar-refractivity contribution in [1.29, 1.82) is 0 Å². The molecule has 0 aromatic carbocycles. The maximum atomic E-state index is 2.46. The highest BCUT2D eigenvalue weighted by Gasteiger charge is 2.04. The lowest BCUT2D eigenvalue weighted by Crippen LogP contribution is -2.26. The Bertz CT molecular complexity index is 131. The first-order valence-electron chi connectivity index (χ1n) is 5.47. The molecule has 0 radical (unpaired) electrons. The third kappa shape index (κ3) is 8.10. The Balaban J connectivity index is 3.95. The minimum absolute atomic E-state index is 0.0812. The summed E-state index contributed by atoms with van der Waals surface area (Å²) in [5, 5.41) is 0. The molecule has 0 rings (SSSR count). The van der Waals surface area contributed by atoms with Crippen LogP contribution in [0.1, 0.15) is 27.7 Å². The molecule has 0 unspecified atom stereocenters. The Morgan fingerprint density at radius 2 is 1.54 bits per heavy atom. The van der Waals surface area contributed by atoms with Gasteiger partial charge in [-0.2, -0.15) is 0 Å². The third-order valence-electron chi connectivity index (χ3n) is 1.75. The van der Waals surface area contributed by atoms with Gasteiger partial charge in [0.15, 0.2) is 0 Å². The lowest BCUT2D eigenvalue weighted by molar-refractivity contribution is 0.297. The van der Waals surface area contributed by atoms with Crippen LogP contribution in [0.15, 0.2) is 11.9 Å². The first kappa shape index (κ1) is 12.8. The van der Waals surface area contributed by atoms with Crippen LogP contribution in [0.4, 0.5) is 0 Å². The molecule has 2 heteroatoms. The summed E-state index contributed by atoms with van der Waals surface area (Å²) in [6.45, 7) is 13.8. The maximum Gasteiger partial charge on any atom is 0.0442 e. The fourth-order valence-electron chi connectivity index (χ4n) is 1.39. The average Bonchev–Trinajstić information content (AvgIpc) is 1.98. The molecule has 0 spiro atoms. The molecule has 0 N–H and O–H groups in total. The second-order valence-electron chi connectivity index (χ2n) is 4.53. The Labute approximate surface area is 86.0 Å². The zero-order chi connectivity index (χ0) is 10.3. The van der Waals surface area contributed by atoms with E-state index in [2.05, 4.69) is 51.0 Å². The van der Waals surface area contributed by atoms with Crippen LogP contribution in [0.2, 0.25) is 6.55 Å². The maximum absolute atomic E-state index is 2.46. The SMILES string of the molecule is C[SiH2]C=CN(CC(C)C)CC(C)C. The van der Waals surface area contributed by atoms with Gasteiger partial charge in [0.25, 0.3) is 0 Å². The van der Waals surface area contributed by atoms with Crippen molar-refractivity contribution in [2.75, 3.05) is 13.1 Å². The Morgan fingerprint density at radius 3 is 1.85 bits per heavy atom. The molecule has 0 saturated carbocycles. The summed E-state index contributed by atoms with van der Waals surface area (Å²) >= 11 is 0. The molecule has 0 bridgehead atoms. The first-order valence-corrected chi connectivity index (χ1v) is 7.70. The molecule has 1 nitrogen and oxygen atoms in total. The summed E-state index contributed by atoms with van der Waals surface area (Å²) in [4.78, 5) is 2.46. The van der Waals surface area contributed by atoms with Gasteiger partial charge in [0.1, 0.15) is 0 Å². The Morgan fingerprint density at radius 1 is 1.08 bits per heavy atom. The molecule has 0 aliphatic rings. The van der Waals surface area contributed by atoms with E-state index < -0.39 is 0 Å². The van der Waals surface area contributed by atoms with E-state index >= 15 is 0 Å². The van der Waals surface area contributed by atoms with Gasteiger partial charge in [-0.25, -0.2) is 0 Å². The molecule has 78 valence electrons. The van der Waals surface area contributed by atoms with Gasteiger partial charge >= 0.3 is 0 Å². The molecule has 0 heterocycles. The summed E-state index contributed by atoms with van der Waals surface area (Å²) < 4.78 is 0. The normalized spacial score (nSPS) is 12.8. The van der Waals surface area contributed by atoms with Crippen LogP contribution in [0.3, 0.4) is 0 Å². The number of hydrogen-bond donors (Lipinski definition) is 0. The summed E-state index contributed by atoms with van der Waals surface area (Å²) in [6, 6.07) is 0. The highest BCUT2D eigenvalue weighted by Crippen LogP contribution is 2.03.